The van der Waals surface area contributed by atoms with Gasteiger partial charge in [0.1, 0.15) is 5.70 Å². The highest BCUT2D eigenvalue weighted by molar-refractivity contribution is 6.13. The second kappa shape index (κ2) is 5.52. The predicted molar refractivity (Wildman–Crippen MR) is 83.7 cm³/mol. The van der Waals surface area contributed by atoms with E-state index in [1.807, 2.05) is 61.1 Å². The molecule has 1 saturated heterocycles. The van der Waals surface area contributed by atoms with Crippen molar-refractivity contribution in [2.24, 2.45) is 7.05 Å². The van der Waals surface area contributed by atoms with E-state index >= 15 is 0 Å². The number of carbonyl (C=O) groups excluding carboxylic acids is 2. The molecule has 1 aliphatic rings. The minimum absolute atomic E-state index is 0.275. The molecule has 0 aliphatic carbocycles. The van der Waals surface area contributed by atoms with Crippen molar-refractivity contribution in [3.05, 3.63) is 65.1 Å². The van der Waals surface area contributed by atoms with Gasteiger partial charge in [-0.3, -0.25) is 9.69 Å². The van der Waals surface area contributed by atoms with Crippen molar-refractivity contribution in [3.8, 4) is 0 Å². The maximum Gasteiger partial charge on any atom is 0.329 e. The summed E-state index contributed by atoms with van der Waals surface area (Å²) in [5.41, 5.74) is 3.20. The Morgan fingerprint density at radius 3 is 2.68 bits per heavy atom. The van der Waals surface area contributed by atoms with E-state index in [2.05, 4.69) is 5.32 Å². The third kappa shape index (κ3) is 2.65. The summed E-state index contributed by atoms with van der Waals surface area (Å²) < 4.78 is 1.88. The van der Waals surface area contributed by atoms with Crippen LogP contribution in [0.2, 0.25) is 0 Å². The van der Waals surface area contributed by atoms with E-state index in [1.54, 1.807) is 6.08 Å². The van der Waals surface area contributed by atoms with Gasteiger partial charge in [-0.25, -0.2) is 4.79 Å². The van der Waals surface area contributed by atoms with Gasteiger partial charge >= 0.3 is 6.03 Å². The summed E-state index contributed by atoms with van der Waals surface area (Å²) >= 11 is 0. The number of aromatic nitrogens is 1. The van der Waals surface area contributed by atoms with Gasteiger partial charge in [0.25, 0.3) is 5.91 Å². The number of rotatable bonds is 3. The van der Waals surface area contributed by atoms with Gasteiger partial charge < -0.3 is 9.88 Å². The average molecular weight is 295 g/mol. The minimum Gasteiger partial charge on any atom is -0.351 e. The molecule has 1 aromatic carbocycles. The second-order valence-corrected chi connectivity index (χ2v) is 5.41. The first kappa shape index (κ1) is 14.1. The molecular weight excluding hydrogens is 278 g/mol. The fourth-order valence-electron chi connectivity index (χ4n) is 2.48. The number of hydrogen-bond acceptors (Lipinski definition) is 2. The molecule has 1 N–H and O–H groups in total. The van der Waals surface area contributed by atoms with E-state index in [1.165, 1.54) is 4.90 Å². The molecular formula is C17H17N3O2. The summed E-state index contributed by atoms with van der Waals surface area (Å²) in [6, 6.07) is 11.2. The molecule has 5 heteroatoms. The Balaban J connectivity index is 1.83. The van der Waals surface area contributed by atoms with Gasteiger partial charge in [0.15, 0.2) is 0 Å². The first-order chi connectivity index (χ1) is 10.5. The van der Waals surface area contributed by atoms with E-state index in [4.69, 9.17) is 0 Å². The molecule has 2 heterocycles. The Bertz CT molecular complexity index is 774. The molecule has 22 heavy (non-hydrogen) atoms. The number of carbonyl (C=O) groups is 2. The zero-order valence-corrected chi connectivity index (χ0v) is 12.5. The normalized spacial score (nSPS) is 16.5. The van der Waals surface area contributed by atoms with Crippen LogP contribution in [0.4, 0.5) is 4.79 Å². The Labute approximate surface area is 128 Å². The molecule has 0 saturated carbocycles. The van der Waals surface area contributed by atoms with Crippen LogP contribution in [0.25, 0.3) is 6.08 Å². The first-order valence-corrected chi connectivity index (χ1v) is 7.06. The van der Waals surface area contributed by atoms with Crippen LogP contribution < -0.4 is 5.32 Å². The van der Waals surface area contributed by atoms with Crippen LogP contribution >= 0.6 is 0 Å². The van der Waals surface area contributed by atoms with Crippen molar-refractivity contribution in [2.45, 2.75) is 13.5 Å². The Morgan fingerprint density at radius 2 is 2.00 bits per heavy atom. The number of nitrogens with zero attached hydrogens (tertiary/aromatic N) is 2. The smallest absolute Gasteiger partial charge is 0.329 e. The Kier molecular flexibility index (Phi) is 3.55. The van der Waals surface area contributed by atoms with Crippen LogP contribution in [-0.4, -0.2) is 21.4 Å². The number of benzene rings is 1. The van der Waals surface area contributed by atoms with Crippen molar-refractivity contribution in [1.82, 2.24) is 14.8 Å². The molecule has 0 bridgehead atoms. The molecule has 3 amide bonds. The van der Waals surface area contributed by atoms with E-state index in [0.717, 1.165) is 16.8 Å². The van der Waals surface area contributed by atoms with Gasteiger partial charge in [0.05, 0.1) is 6.54 Å². The van der Waals surface area contributed by atoms with E-state index in [0.29, 0.717) is 5.70 Å². The molecule has 1 aliphatic heterocycles. The number of hydrogen-bond donors (Lipinski definition) is 1. The molecule has 1 fully saturated rings. The van der Waals surface area contributed by atoms with Crippen molar-refractivity contribution < 1.29 is 9.59 Å². The summed E-state index contributed by atoms with van der Waals surface area (Å²) in [5, 5.41) is 2.64. The first-order valence-electron chi connectivity index (χ1n) is 7.06. The van der Waals surface area contributed by atoms with Crippen LogP contribution in [0.5, 0.6) is 0 Å². The molecule has 0 unspecified atom stereocenters. The van der Waals surface area contributed by atoms with Crippen LogP contribution in [0.15, 0.2) is 48.3 Å². The fourth-order valence-corrected chi connectivity index (χ4v) is 2.48. The van der Waals surface area contributed by atoms with Gasteiger partial charge in [-0.1, -0.05) is 29.8 Å². The highest BCUT2D eigenvalue weighted by atomic mass is 16.2. The van der Waals surface area contributed by atoms with Crippen molar-refractivity contribution >= 4 is 18.0 Å². The van der Waals surface area contributed by atoms with Gasteiger partial charge in [-0.05, 0) is 30.7 Å². The van der Waals surface area contributed by atoms with Gasteiger partial charge in [-0.15, -0.1) is 0 Å². The zero-order chi connectivity index (χ0) is 15.7. The lowest BCUT2D eigenvalue weighted by molar-refractivity contribution is -0.123. The average Bonchev–Trinajstić information content (AvgIpc) is 2.98. The summed E-state index contributed by atoms with van der Waals surface area (Å²) in [4.78, 5) is 25.7. The lowest BCUT2D eigenvalue weighted by Gasteiger charge is -2.12. The molecule has 0 spiro atoms. The maximum absolute atomic E-state index is 12.4. The second-order valence-electron chi connectivity index (χ2n) is 5.41. The summed E-state index contributed by atoms with van der Waals surface area (Å²) in [6.07, 6.45) is 3.58. The minimum atomic E-state index is -0.382. The third-order valence-corrected chi connectivity index (χ3v) is 3.66. The monoisotopic (exact) mass is 295 g/mol. The molecule has 3 rings (SSSR count). The van der Waals surface area contributed by atoms with Crippen LogP contribution in [0, 0.1) is 6.92 Å². The fraction of sp³-hybridized carbons (Fsp3) is 0.176. The van der Waals surface area contributed by atoms with Crippen LogP contribution in [0.3, 0.4) is 0 Å². The molecule has 2 aromatic rings. The maximum atomic E-state index is 12.4. The number of amides is 3. The lowest BCUT2D eigenvalue weighted by Crippen LogP contribution is -2.30. The standard InChI is InChI=1S/C17H17N3O2/c1-12-5-3-6-13(9-12)11-20-16(21)15(18-17(20)22)10-14-7-4-8-19(14)2/h3-10H,11H2,1-2H3,(H,18,22)/b15-10+. The van der Waals surface area contributed by atoms with Crippen molar-refractivity contribution in [2.75, 3.05) is 0 Å². The highest BCUT2D eigenvalue weighted by Gasteiger charge is 2.33. The SMILES string of the molecule is Cc1cccc(CN2C(=O)N/C(=C/c3cccn3C)C2=O)c1. The van der Waals surface area contributed by atoms with Crippen LogP contribution in [-0.2, 0) is 18.4 Å². The summed E-state index contributed by atoms with van der Waals surface area (Å²) in [6.45, 7) is 2.26. The highest BCUT2D eigenvalue weighted by Crippen LogP contribution is 2.17. The largest absolute Gasteiger partial charge is 0.351 e. The topological polar surface area (TPSA) is 54.3 Å². The summed E-state index contributed by atoms with van der Waals surface area (Å²) in [7, 11) is 1.89. The van der Waals surface area contributed by atoms with Gasteiger partial charge in [0, 0.05) is 18.9 Å². The Hall–Kier alpha value is -2.82. The number of imide groups is 1. The van der Waals surface area contributed by atoms with E-state index in [-0.39, 0.29) is 18.5 Å². The lowest BCUT2D eigenvalue weighted by atomic mass is 10.1. The predicted octanol–water partition coefficient (Wildman–Crippen LogP) is 2.43. The van der Waals surface area contributed by atoms with Crippen molar-refractivity contribution in [1.29, 1.82) is 0 Å². The van der Waals surface area contributed by atoms with Gasteiger partial charge in [0.2, 0.25) is 0 Å². The molecule has 112 valence electrons. The number of nitrogens with one attached hydrogen (secondary N) is 1. The van der Waals surface area contributed by atoms with Crippen molar-refractivity contribution in [3.63, 3.8) is 0 Å². The molecule has 0 radical (unpaired) electrons. The molecule has 1 aromatic heterocycles. The quantitative estimate of drug-likeness (QED) is 0.698. The molecule has 5 nitrogen and oxygen atoms in total. The Morgan fingerprint density at radius 1 is 1.18 bits per heavy atom. The summed E-state index contributed by atoms with van der Waals surface area (Å²) in [5.74, 6) is -0.298. The number of urea groups is 1. The third-order valence-electron chi connectivity index (χ3n) is 3.66. The van der Waals surface area contributed by atoms with Gasteiger partial charge in [-0.2, -0.15) is 0 Å². The van der Waals surface area contributed by atoms with Crippen LogP contribution in [0.1, 0.15) is 16.8 Å². The van der Waals surface area contributed by atoms with E-state index < -0.39 is 0 Å². The number of aryl methyl sites for hydroxylation is 2. The zero-order valence-electron chi connectivity index (χ0n) is 12.5. The molecule has 0 atom stereocenters. The van der Waals surface area contributed by atoms with E-state index in [9.17, 15) is 9.59 Å².